The molecule has 0 saturated carbocycles. The Labute approximate surface area is 729 Å². The topological polar surface area (TPSA) is 469 Å². The number of carbonyl (C=O) groups is 10. The quantitative estimate of drug-likeness (QED) is 0.0244. The smallest absolute Gasteiger partial charge is 0.303 e. The molecule has 8 amide bonds. The van der Waals surface area contributed by atoms with Gasteiger partial charge in [0.1, 0.15) is 50.7 Å². The number of nitrogens with zero attached hydrogens (tertiary/aromatic N) is 2. The van der Waals surface area contributed by atoms with Gasteiger partial charge in [0.05, 0.1) is 175 Å². The Kier molecular flexibility index (Phi) is 59.9. The number of hydrogen-bond donors (Lipinski definition) is 8. The molecule has 0 bridgehead atoms. The van der Waals surface area contributed by atoms with Crippen molar-refractivity contribution in [2.45, 2.75) is 261 Å². The number of carbonyl (C=O) groups excluding carboxylic acids is 10. The summed E-state index contributed by atoms with van der Waals surface area (Å²) >= 11 is 0. The van der Waals surface area contributed by atoms with E-state index in [1.165, 1.54) is 34.6 Å². The highest BCUT2D eigenvalue weighted by molar-refractivity contribution is 7.44. The summed E-state index contributed by atoms with van der Waals surface area (Å²) in [6.45, 7) is 32.4. The standard InChI is InChI=1S/C83H149N10O29P/c1-17-69-57(7)59(9)75(88-62(12)94)81(120-69)113-48-45-107-36-33-104-39-43-111-53-73(100)86-29-22-20-26-68(91-74(101)54-112-44-41-106-35-38-108-46-49-114-82-76(89-63(13)95)60(10)58(8)70(18-2)121-82)80(103)92-67(79(102)87-30-24-32-118-123(117-31-23-27-84)93(55(3)4)56(5)6)25-19-21-28-85-72(99)52-110-42-40-105-34-37-109-47-50-115-83-77(90-64(14)96)61(11)78(119-66(16)98)71(122-83)51-116-65(15)97/h55-61,67-71,75-78,81-83H,17-26,28-54H2,1-16H3,(H,85,99)(H,86,100)(H,87,102)(H,88,94)(H,89,95)(H,90,96)(H,91,101)(H,92,103)/t57-,58-,59+,60+,61-,67+,68+,69-,70-,71-,75-,76-,77-,78-,81-,82-,83-,123?/m1/s1. The molecule has 0 spiro atoms. The van der Waals surface area contributed by atoms with Crippen LogP contribution in [0.2, 0.25) is 0 Å². The van der Waals surface area contributed by atoms with Crippen LogP contribution in [0.15, 0.2) is 0 Å². The van der Waals surface area contributed by atoms with Gasteiger partial charge in [0.25, 0.3) is 8.53 Å². The molecule has 3 aliphatic rings. The lowest BCUT2D eigenvalue weighted by Gasteiger charge is -2.44. The molecule has 0 aromatic carbocycles. The monoisotopic (exact) mass is 1780 g/mol. The first-order valence-corrected chi connectivity index (χ1v) is 44.8. The second-order valence-corrected chi connectivity index (χ2v) is 32.6. The van der Waals surface area contributed by atoms with Crippen molar-refractivity contribution in [3.05, 3.63) is 0 Å². The molecule has 3 rings (SSSR count). The number of nitriles is 1. The van der Waals surface area contributed by atoms with E-state index in [9.17, 15) is 53.2 Å². The van der Waals surface area contributed by atoms with Crippen molar-refractivity contribution in [1.82, 2.24) is 47.2 Å². The van der Waals surface area contributed by atoms with Crippen molar-refractivity contribution in [3.63, 3.8) is 0 Å². The Morgan fingerprint density at radius 2 is 0.772 bits per heavy atom. The molecule has 0 aliphatic carbocycles. The van der Waals surface area contributed by atoms with Crippen LogP contribution in [0.25, 0.3) is 0 Å². The number of hydrogen-bond acceptors (Lipinski definition) is 31. The van der Waals surface area contributed by atoms with Gasteiger partial charge in [0, 0.05) is 72.3 Å². The number of nitrogens with one attached hydrogen (secondary N) is 8. The zero-order valence-corrected chi connectivity index (χ0v) is 76.7. The molecule has 1 unspecified atom stereocenters. The fourth-order valence-electron chi connectivity index (χ4n) is 14.0. The molecule has 0 aromatic heterocycles. The predicted octanol–water partition coefficient (Wildman–Crippen LogP) is 3.71. The maximum absolute atomic E-state index is 14.5. The molecule has 39 nitrogen and oxygen atoms in total. The van der Waals surface area contributed by atoms with Crippen LogP contribution in [0.5, 0.6) is 0 Å². The lowest BCUT2D eigenvalue weighted by atomic mass is 9.81. The van der Waals surface area contributed by atoms with Crippen LogP contribution in [0.3, 0.4) is 0 Å². The number of rotatable bonds is 69. The van der Waals surface area contributed by atoms with E-state index < -0.39 is 106 Å². The number of unbranched alkanes of at least 4 members (excludes halogenated alkanes) is 2. The van der Waals surface area contributed by atoms with Crippen molar-refractivity contribution in [1.29, 1.82) is 5.26 Å². The van der Waals surface area contributed by atoms with Crippen LogP contribution in [0.1, 0.15) is 175 Å². The zero-order chi connectivity index (χ0) is 90.9. The lowest BCUT2D eigenvalue weighted by Crippen LogP contribution is -2.62. The average molecular weight is 1780 g/mol. The maximum Gasteiger partial charge on any atom is 0.303 e. The minimum atomic E-state index is -1.54. The Bertz CT molecular complexity index is 3020. The first-order valence-electron chi connectivity index (χ1n) is 43.7. The molecular formula is C83H149N10O29P. The molecular weight excluding hydrogens is 1630 g/mol. The van der Waals surface area contributed by atoms with Gasteiger partial charge in [-0.15, -0.1) is 0 Å². The van der Waals surface area contributed by atoms with Crippen molar-refractivity contribution < 1.29 is 138 Å². The van der Waals surface area contributed by atoms with Crippen molar-refractivity contribution in [2.75, 3.05) is 178 Å². The maximum atomic E-state index is 14.5. The first kappa shape index (κ1) is 111. The summed E-state index contributed by atoms with van der Waals surface area (Å²) in [5.41, 5.74) is 0. The number of ether oxygens (including phenoxy) is 17. The number of amides is 8. The van der Waals surface area contributed by atoms with Crippen LogP contribution >= 0.6 is 8.53 Å². The van der Waals surface area contributed by atoms with Crippen LogP contribution in [-0.4, -0.2) is 328 Å². The van der Waals surface area contributed by atoms with Gasteiger partial charge < -0.3 is 132 Å². The van der Waals surface area contributed by atoms with Gasteiger partial charge >= 0.3 is 11.9 Å². The molecule has 3 heterocycles. The molecule has 18 atom stereocenters. The highest BCUT2D eigenvalue weighted by Gasteiger charge is 2.48. The third-order valence-corrected chi connectivity index (χ3v) is 22.7. The van der Waals surface area contributed by atoms with Crippen molar-refractivity contribution in [3.8, 4) is 6.07 Å². The van der Waals surface area contributed by atoms with E-state index in [1.807, 2.05) is 27.7 Å². The van der Waals surface area contributed by atoms with Gasteiger partial charge in [-0.3, -0.25) is 47.9 Å². The highest BCUT2D eigenvalue weighted by Crippen LogP contribution is 2.46. The van der Waals surface area contributed by atoms with E-state index in [1.54, 1.807) is 6.92 Å². The molecule has 710 valence electrons. The van der Waals surface area contributed by atoms with Crippen molar-refractivity contribution >= 4 is 67.7 Å². The molecule has 123 heavy (non-hydrogen) atoms. The van der Waals surface area contributed by atoms with E-state index in [0.717, 1.165) is 12.8 Å². The van der Waals surface area contributed by atoms with Gasteiger partial charge in [-0.2, -0.15) is 5.26 Å². The summed E-state index contributed by atoms with van der Waals surface area (Å²) in [5, 5.41) is 32.2. The van der Waals surface area contributed by atoms with E-state index in [2.05, 4.69) is 94.8 Å². The Morgan fingerprint density at radius 3 is 1.15 bits per heavy atom. The first-order chi connectivity index (χ1) is 58.9. The minimum Gasteiger partial charge on any atom is -0.463 e. The Hall–Kier alpha value is -6.10. The molecule has 3 fully saturated rings. The van der Waals surface area contributed by atoms with E-state index in [-0.39, 0.29) is 268 Å². The second-order valence-electron chi connectivity index (χ2n) is 31.1. The average Bonchev–Trinajstić information content (AvgIpc) is 0.798. The summed E-state index contributed by atoms with van der Waals surface area (Å²) in [4.78, 5) is 128. The largest absolute Gasteiger partial charge is 0.463 e. The summed E-state index contributed by atoms with van der Waals surface area (Å²) in [5.74, 6) is -4.04. The van der Waals surface area contributed by atoms with Gasteiger partial charge in [0.15, 0.2) is 18.9 Å². The van der Waals surface area contributed by atoms with E-state index in [0.29, 0.717) is 38.7 Å². The molecule has 0 aromatic rings. The SMILES string of the molecule is CC[C@H]1O[C@@H](OCCOCCOCCOCC(=O)NCCCC[C@H](NC(=O)COCCOCCOCCO[C@@H]2O[C@H](CC)[C@H](C)[C@H](C)[C@H]2NC(C)=O)C(=O)N[C@@H](CCCCNC(=O)COCCOCCOCCO[C@@H]2O[C@H](COC(C)=O)[C@H](OC(C)=O)[C@H](C)[C@H]2NC(C)=O)C(=O)NCCCOP(OCCC#N)N(C(C)C)C(C)C)[C@H](NC(C)=O)[C@@H](C)[C@H]1C. The third kappa shape index (κ3) is 47.5. The summed E-state index contributed by atoms with van der Waals surface area (Å²) < 4.78 is 112. The summed E-state index contributed by atoms with van der Waals surface area (Å²) in [7, 11) is -1.54. The van der Waals surface area contributed by atoms with Crippen LogP contribution < -0.4 is 42.5 Å². The van der Waals surface area contributed by atoms with Gasteiger partial charge in [-0.1, -0.05) is 48.5 Å². The van der Waals surface area contributed by atoms with Gasteiger partial charge in [0.2, 0.25) is 47.3 Å². The fraction of sp³-hybridized carbons (Fsp3) is 0.867. The molecule has 0 radical (unpaired) electrons. The fourth-order valence-corrected chi connectivity index (χ4v) is 15.6. The second kappa shape index (κ2) is 66.3. The minimum absolute atomic E-state index is 0.00969. The third-order valence-electron chi connectivity index (χ3n) is 20.6. The molecule has 3 aliphatic heterocycles. The van der Waals surface area contributed by atoms with E-state index in [4.69, 9.17) is 89.6 Å². The van der Waals surface area contributed by atoms with Crippen molar-refractivity contribution in [2.24, 2.45) is 29.6 Å². The van der Waals surface area contributed by atoms with Crippen LogP contribution in [-0.2, 0) is 138 Å². The molecule has 8 N–H and O–H groups in total. The summed E-state index contributed by atoms with van der Waals surface area (Å²) in [6.07, 6.45) is 0.0449. The molecule has 3 saturated heterocycles. The predicted molar refractivity (Wildman–Crippen MR) is 449 cm³/mol. The zero-order valence-electron chi connectivity index (χ0n) is 75.8. The molecule has 40 heteroatoms. The Morgan fingerprint density at radius 1 is 0.407 bits per heavy atom. The van der Waals surface area contributed by atoms with Crippen LogP contribution in [0.4, 0.5) is 0 Å². The van der Waals surface area contributed by atoms with E-state index >= 15 is 0 Å². The summed E-state index contributed by atoms with van der Waals surface area (Å²) in [6, 6.07) is -1.32. The number of esters is 2. The van der Waals surface area contributed by atoms with Gasteiger partial charge in [-0.25, -0.2) is 4.67 Å². The lowest BCUT2D eigenvalue weighted by molar-refractivity contribution is -0.264. The van der Waals surface area contributed by atoms with Gasteiger partial charge in [-0.05, 0) is 109 Å². The highest BCUT2D eigenvalue weighted by atomic mass is 31.2. The normalized spacial score (nSPS) is 23.4. The van der Waals surface area contributed by atoms with Crippen LogP contribution in [0, 0.1) is 40.9 Å². The Balaban J connectivity index is 1.57.